The fourth-order valence-corrected chi connectivity index (χ4v) is 1.72. The first kappa shape index (κ1) is 14.5. The number of carbonyl (C=O) groups is 1. The molecule has 1 aliphatic rings. The van der Waals surface area contributed by atoms with Gasteiger partial charge in [0.1, 0.15) is 5.78 Å². The molecule has 15 heavy (non-hydrogen) atoms. The second kappa shape index (κ2) is 5.54. The van der Waals surface area contributed by atoms with Crippen molar-refractivity contribution in [3.63, 3.8) is 0 Å². The van der Waals surface area contributed by atoms with E-state index in [-0.39, 0.29) is 38.1 Å². The van der Waals surface area contributed by atoms with Crippen LogP contribution in [0.15, 0.2) is 0 Å². The second-order valence-electron chi connectivity index (χ2n) is 3.85. The lowest BCUT2D eigenvalue weighted by atomic mass is 9.71. The quantitative estimate of drug-likeness (QED) is 0.780. The van der Waals surface area contributed by atoms with Crippen LogP contribution < -0.4 is 0 Å². The zero-order valence-corrected chi connectivity index (χ0v) is 9.65. The van der Waals surface area contributed by atoms with Crippen molar-refractivity contribution >= 4 is 5.78 Å². The normalized spacial score (nSPS) is 22.5. The van der Waals surface area contributed by atoms with Gasteiger partial charge in [-0.3, -0.25) is 4.79 Å². The van der Waals surface area contributed by atoms with Crippen LogP contribution in [0, 0.1) is 5.41 Å². The van der Waals surface area contributed by atoms with Crippen LogP contribution in [-0.4, -0.2) is 23.4 Å². The Hall–Kier alpha value is -0.510. The summed E-state index contributed by atoms with van der Waals surface area (Å²) in [5, 5.41) is 9.02. The summed E-state index contributed by atoms with van der Waals surface area (Å²) in [6.07, 6.45) is -0.363. The molecule has 0 aromatic rings. The van der Waals surface area contributed by atoms with Gasteiger partial charge in [-0.25, -0.2) is 8.78 Å². The van der Waals surface area contributed by atoms with E-state index < -0.39 is 11.3 Å². The first-order chi connectivity index (χ1) is 6.92. The lowest BCUT2D eigenvalue weighted by Crippen LogP contribution is -2.40. The summed E-state index contributed by atoms with van der Waals surface area (Å²) in [5.41, 5.74) is -0.887. The van der Waals surface area contributed by atoms with Crippen molar-refractivity contribution in [3.05, 3.63) is 0 Å². The van der Waals surface area contributed by atoms with Crippen molar-refractivity contribution < 1.29 is 18.7 Å². The Labute approximate surface area is 89.7 Å². The molecular weight excluding hydrogens is 202 g/mol. The Morgan fingerprint density at radius 1 is 1.20 bits per heavy atom. The maximum atomic E-state index is 12.8. The van der Waals surface area contributed by atoms with Gasteiger partial charge in [0.2, 0.25) is 5.92 Å². The highest BCUT2D eigenvalue weighted by Crippen LogP contribution is 2.43. The molecule has 0 radical (unpaired) electrons. The van der Waals surface area contributed by atoms with E-state index in [4.69, 9.17) is 5.11 Å². The molecule has 0 heterocycles. The fourth-order valence-electron chi connectivity index (χ4n) is 1.72. The van der Waals surface area contributed by atoms with Crippen LogP contribution in [0.4, 0.5) is 8.78 Å². The standard InChI is InChI=1S/C9H14F2O2.C2H6/c1-7(13)8(6-12)2-4-9(10,11)5-3-8;1-2/h12H,2-6H2,1H3;1-2H3. The van der Waals surface area contributed by atoms with Gasteiger partial charge in [0.15, 0.2) is 0 Å². The lowest BCUT2D eigenvalue weighted by Gasteiger charge is -2.36. The minimum absolute atomic E-state index is 0.103. The molecule has 0 aromatic heterocycles. The van der Waals surface area contributed by atoms with Gasteiger partial charge >= 0.3 is 0 Å². The average molecular weight is 222 g/mol. The molecule has 1 aliphatic carbocycles. The van der Waals surface area contributed by atoms with Crippen molar-refractivity contribution in [3.8, 4) is 0 Å². The number of ketones is 1. The van der Waals surface area contributed by atoms with Gasteiger partial charge in [-0.2, -0.15) is 0 Å². The maximum Gasteiger partial charge on any atom is 0.248 e. The second-order valence-corrected chi connectivity index (χ2v) is 3.85. The van der Waals surface area contributed by atoms with Crippen molar-refractivity contribution in [1.29, 1.82) is 0 Å². The molecule has 2 nitrogen and oxygen atoms in total. The molecule has 0 aromatic carbocycles. The minimum Gasteiger partial charge on any atom is -0.395 e. The molecule has 1 fully saturated rings. The summed E-state index contributed by atoms with van der Waals surface area (Å²) < 4.78 is 25.5. The molecule has 0 saturated heterocycles. The van der Waals surface area contributed by atoms with Crippen LogP contribution in [0.25, 0.3) is 0 Å². The Bertz CT molecular complexity index is 205. The molecule has 0 aliphatic heterocycles. The molecule has 0 spiro atoms. The van der Waals surface area contributed by atoms with Crippen molar-refractivity contribution in [2.45, 2.75) is 52.4 Å². The number of aliphatic hydroxyl groups excluding tert-OH is 1. The van der Waals surface area contributed by atoms with Crippen LogP contribution in [-0.2, 0) is 4.79 Å². The smallest absolute Gasteiger partial charge is 0.248 e. The predicted molar refractivity (Wildman–Crippen MR) is 55.0 cm³/mol. The van der Waals surface area contributed by atoms with E-state index in [1.165, 1.54) is 6.92 Å². The van der Waals surface area contributed by atoms with Crippen molar-refractivity contribution in [2.75, 3.05) is 6.61 Å². The molecular formula is C11H20F2O2. The van der Waals surface area contributed by atoms with Crippen LogP contribution in [0.1, 0.15) is 46.5 Å². The highest BCUT2D eigenvalue weighted by atomic mass is 19.3. The van der Waals surface area contributed by atoms with E-state index >= 15 is 0 Å². The van der Waals surface area contributed by atoms with Crippen molar-refractivity contribution in [1.82, 2.24) is 0 Å². The van der Waals surface area contributed by atoms with E-state index in [1.807, 2.05) is 13.8 Å². The topological polar surface area (TPSA) is 37.3 Å². The first-order valence-electron chi connectivity index (χ1n) is 5.42. The van der Waals surface area contributed by atoms with E-state index in [0.29, 0.717) is 0 Å². The van der Waals surface area contributed by atoms with Gasteiger partial charge in [0.05, 0.1) is 12.0 Å². The molecule has 1 N–H and O–H groups in total. The van der Waals surface area contributed by atoms with Gasteiger partial charge in [-0.1, -0.05) is 13.8 Å². The van der Waals surface area contributed by atoms with Crippen molar-refractivity contribution in [2.24, 2.45) is 5.41 Å². The third-order valence-electron chi connectivity index (χ3n) is 2.99. The first-order valence-corrected chi connectivity index (χ1v) is 5.42. The number of Topliss-reactive ketones (excluding diaryl/α,β-unsaturated/α-hetero) is 1. The molecule has 0 atom stereocenters. The molecule has 1 rings (SSSR count). The van der Waals surface area contributed by atoms with Gasteiger partial charge in [0, 0.05) is 12.8 Å². The summed E-state index contributed by atoms with van der Waals surface area (Å²) in [7, 11) is 0. The van der Waals surface area contributed by atoms with E-state index in [1.54, 1.807) is 0 Å². The summed E-state index contributed by atoms with van der Waals surface area (Å²) in [5.74, 6) is -2.82. The number of alkyl halides is 2. The molecule has 0 amide bonds. The van der Waals surface area contributed by atoms with Gasteiger partial charge < -0.3 is 5.11 Å². The minimum atomic E-state index is -2.64. The fraction of sp³-hybridized carbons (Fsp3) is 0.909. The Kier molecular flexibility index (Phi) is 5.35. The molecule has 0 bridgehead atoms. The summed E-state index contributed by atoms with van der Waals surface area (Å²) >= 11 is 0. The molecule has 1 saturated carbocycles. The highest BCUT2D eigenvalue weighted by molar-refractivity contribution is 5.82. The zero-order chi connectivity index (χ0) is 12.1. The summed E-state index contributed by atoms with van der Waals surface area (Å²) in [4.78, 5) is 11.2. The van der Waals surface area contributed by atoms with E-state index in [9.17, 15) is 13.6 Å². The molecule has 0 unspecified atom stereocenters. The Morgan fingerprint density at radius 2 is 1.60 bits per heavy atom. The largest absolute Gasteiger partial charge is 0.395 e. The predicted octanol–water partition coefficient (Wildman–Crippen LogP) is 2.79. The third-order valence-corrected chi connectivity index (χ3v) is 2.99. The SMILES string of the molecule is CC.CC(=O)C1(CO)CCC(F)(F)CC1. The van der Waals surface area contributed by atoms with Crippen LogP contribution >= 0.6 is 0 Å². The molecule has 4 heteroatoms. The van der Waals surface area contributed by atoms with Gasteiger partial charge in [-0.15, -0.1) is 0 Å². The van der Waals surface area contributed by atoms with Crippen LogP contribution in [0.3, 0.4) is 0 Å². The van der Waals surface area contributed by atoms with Crippen LogP contribution in [0.2, 0.25) is 0 Å². The average Bonchev–Trinajstić information content (AvgIpc) is 2.21. The lowest BCUT2D eigenvalue weighted by molar-refractivity contribution is -0.138. The number of hydrogen-bond donors (Lipinski definition) is 1. The van der Waals surface area contributed by atoms with E-state index in [2.05, 4.69) is 0 Å². The number of hydrogen-bond acceptors (Lipinski definition) is 2. The maximum absolute atomic E-state index is 12.8. The summed E-state index contributed by atoms with van der Waals surface area (Å²) in [6.45, 7) is 5.05. The number of rotatable bonds is 2. The zero-order valence-electron chi connectivity index (χ0n) is 9.65. The van der Waals surface area contributed by atoms with Gasteiger partial charge in [0.25, 0.3) is 0 Å². The molecule has 90 valence electrons. The van der Waals surface area contributed by atoms with E-state index in [0.717, 1.165) is 0 Å². The third kappa shape index (κ3) is 3.52. The Morgan fingerprint density at radius 3 is 1.87 bits per heavy atom. The Balaban J connectivity index is 0.000000921. The monoisotopic (exact) mass is 222 g/mol. The summed E-state index contributed by atoms with van der Waals surface area (Å²) in [6, 6.07) is 0. The highest BCUT2D eigenvalue weighted by Gasteiger charge is 2.45. The number of halogens is 2. The number of carbonyl (C=O) groups excluding carboxylic acids is 1. The van der Waals surface area contributed by atoms with Crippen LogP contribution in [0.5, 0.6) is 0 Å². The van der Waals surface area contributed by atoms with Gasteiger partial charge in [-0.05, 0) is 19.8 Å². The number of aliphatic hydroxyl groups is 1.